The highest BCUT2D eigenvalue weighted by molar-refractivity contribution is 9.10. The third-order valence-electron chi connectivity index (χ3n) is 2.58. The summed E-state index contributed by atoms with van der Waals surface area (Å²) < 4.78 is 127. The molecule has 0 nitrogen and oxygen atoms in total. The molecule has 0 saturated heterocycles. The van der Waals surface area contributed by atoms with Crippen molar-refractivity contribution in [1.82, 2.24) is 0 Å². The highest BCUT2D eigenvalue weighted by atomic mass is 79.9. The molecule has 0 amide bonds. The largest absolute Gasteiger partial charge is 0.435 e. The maximum atomic E-state index is 13.8. The first-order chi connectivity index (χ1) is 9.66. The Morgan fingerprint density at radius 1 is 0.864 bits per heavy atom. The Kier molecular flexibility index (Phi) is 4.82. The molecule has 0 bridgehead atoms. The molecule has 1 rings (SSSR count). The van der Waals surface area contributed by atoms with E-state index in [0.717, 1.165) is 0 Å². The van der Waals surface area contributed by atoms with Gasteiger partial charge in [-0.15, -0.1) is 0 Å². The molecule has 0 aliphatic heterocycles. The van der Waals surface area contributed by atoms with Crippen molar-refractivity contribution in [3.8, 4) is 0 Å². The molecule has 1 aromatic rings. The van der Waals surface area contributed by atoms with Gasteiger partial charge in [0.15, 0.2) is 6.67 Å². The van der Waals surface area contributed by atoms with E-state index in [-0.39, 0.29) is 6.07 Å². The summed E-state index contributed by atoms with van der Waals surface area (Å²) in [5.41, 5.74) is -9.69. The summed E-state index contributed by atoms with van der Waals surface area (Å²) in [6.07, 6.45) is -12.9. The summed E-state index contributed by atoms with van der Waals surface area (Å²) in [4.78, 5) is 0. The van der Waals surface area contributed by atoms with Crippen LogP contribution >= 0.6 is 15.9 Å². The number of alkyl halides is 10. The molecule has 0 fully saturated rings. The van der Waals surface area contributed by atoms with Gasteiger partial charge >= 0.3 is 23.9 Å². The normalized spacial score (nSPS) is 14.3. The van der Waals surface area contributed by atoms with E-state index in [2.05, 4.69) is 15.9 Å². The van der Waals surface area contributed by atoms with Gasteiger partial charge in [0.2, 0.25) is 0 Å². The van der Waals surface area contributed by atoms with E-state index in [1.165, 1.54) is 0 Å². The van der Waals surface area contributed by atoms with Crippen LogP contribution in [0.25, 0.3) is 0 Å². The highest BCUT2D eigenvalue weighted by Crippen LogP contribution is 2.54. The SMILES string of the molecule is FCC(F)(F)c1[c]c(Br)cc(C(F)(C(F)(F)F)C(F)(F)F)c1. The third kappa shape index (κ3) is 3.18. The molecule has 0 N–H and O–H groups in total. The summed E-state index contributed by atoms with van der Waals surface area (Å²) in [7, 11) is 0. The summed E-state index contributed by atoms with van der Waals surface area (Å²) in [6, 6.07) is 1.23. The van der Waals surface area contributed by atoms with Gasteiger partial charge in [0.05, 0.1) is 0 Å². The minimum atomic E-state index is -6.46. The van der Waals surface area contributed by atoms with Crippen LogP contribution < -0.4 is 0 Å². The zero-order valence-corrected chi connectivity index (χ0v) is 11.6. The number of hydrogen-bond acceptors (Lipinski definition) is 0. The second-order valence-corrected chi connectivity index (χ2v) is 4.98. The van der Waals surface area contributed by atoms with Gasteiger partial charge in [-0.1, -0.05) is 15.9 Å². The van der Waals surface area contributed by atoms with Crippen molar-refractivity contribution in [1.29, 1.82) is 0 Å². The Morgan fingerprint density at radius 2 is 1.32 bits per heavy atom. The van der Waals surface area contributed by atoms with E-state index in [0.29, 0.717) is 0 Å². The average Bonchev–Trinajstić information content (AvgIpc) is 2.34. The zero-order chi connectivity index (χ0) is 17.6. The van der Waals surface area contributed by atoms with E-state index in [4.69, 9.17) is 0 Å². The topological polar surface area (TPSA) is 0 Å². The fraction of sp³-hybridized carbons (Fsp3) is 0.455. The molecular formula is C11H4BrF10. The molecule has 0 aliphatic carbocycles. The summed E-state index contributed by atoms with van der Waals surface area (Å²) in [5, 5.41) is 0. The van der Waals surface area contributed by atoms with Gasteiger partial charge < -0.3 is 0 Å². The molecule has 0 aliphatic rings. The van der Waals surface area contributed by atoms with Crippen molar-refractivity contribution < 1.29 is 43.9 Å². The second-order valence-electron chi connectivity index (χ2n) is 4.12. The number of rotatable bonds is 3. The molecule has 0 saturated carbocycles. The molecule has 0 spiro atoms. The minimum absolute atomic E-state index is 0.00120. The number of benzene rings is 1. The van der Waals surface area contributed by atoms with Gasteiger partial charge in [-0.2, -0.15) is 35.1 Å². The standard InChI is InChI=1S/C11H4BrF10/c12-7-2-5(8(14,15)4-13)1-6(3-7)9(16,10(17,18)19)11(20,21)22/h1,3H,4H2. The fourth-order valence-electron chi connectivity index (χ4n) is 1.49. The van der Waals surface area contributed by atoms with Gasteiger partial charge in [-0.3, -0.25) is 0 Å². The predicted octanol–water partition coefficient (Wildman–Crippen LogP) is 5.60. The van der Waals surface area contributed by atoms with E-state index >= 15 is 0 Å². The van der Waals surface area contributed by atoms with Gasteiger partial charge in [-0.05, 0) is 12.1 Å². The van der Waals surface area contributed by atoms with Crippen LogP contribution in [-0.4, -0.2) is 19.0 Å². The summed E-state index contributed by atoms with van der Waals surface area (Å²) in [6.45, 7) is -2.41. The Morgan fingerprint density at radius 3 is 1.68 bits per heavy atom. The van der Waals surface area contributed by atoms with Gasteiger partial charge in [-0.25, -0.2) is 8.78 Å². The number of hydrogen-bond donors (Lipinski definition) is 0. The van der Waals surface area contributed by atoms with E-state index in [1.807, 2.05) is 0 Å². The van der Waals surface area contributed by atoms with E-state index in [9.17, 15) is 43.9 Å². The lowest BCUT2D eigenvalue weighted by atomic mass is 9.91. The first-order valence-corrected chi connectivity index (χ1v) is 5.96. The fourth-order valence-corrected chi connectivity index (χ4v) is 1.95. The first-order valence-electron chi connectivity index (χ1n) is 5.17. The molecule has 22 heavy (non-hydrogen) atoms. The van der Waals surface area contributed by atoms with Gasteiger partial charge in [0.25, 0.3) is 0 Å². The Balaban J connectivity index is 3.66. The van der Waals surface area contributed by atoms with E-state index in [1.54, 1.807) is 6.07 Å². The Bertz CT molecular complexity index is 531. The molecule has 0 atom stereocenters. The maximum Gasteiger partial charge on any atom is 0.435 e. The molecular weight excluding hydrogens is 402 g/mol. The quantitative estimate of drug-likeness (QED) is 0.574. The van der Waals surface area contributed by atoms with Crippen molar-refractivity contribution in [2.75, 3.05) is 6.67 Å². The van der Waals surface area contributed by atoms with Crippen LogP contribution in [0.4, 0.5) is 43.9 Å². The molecule has 125 valence electrons. The van der Waals surface area contributed by atoms with Crippen molar-refractivity contribution in [3.63, 3.8) is 0 Å². The van der Waals surface area contributed by atoms with Crippen LogP contribution in [0.5, 0.6) is 0 Å². The molecule has 11 heteroatoms. The van der Waals surface area contributed by atoms with Crippen molar-refractivity contribution in [2.45, 2.75) is 23.9 Å². The predicted molar refractivity (Wildman–Crippen MR) is 57.7 cm³/mol. The summed E-state index contributed by atoms with van der Waals surface area (Å²) >= 11 is 2.35. The third-order valence-corrected chi connectivity index (χ3v) is 3.00. The smallest absolute Gasteiger partial charge is 0.244 e. The van der Waals surface area contributed by atoms with Gasteiger partial charge in [0.1, 0.15) is 0 Å². The molecule has 0 aromatic heterocycles. The highest BCUT2D eigenvalue weighted by Gasteiger charge is 2.73. The Hall–Kier alpha value is -1.00. The van der Waals surface area contributed by atoms with Crippen LogP contribution in [0.3, 0.4) is 0 Å². The lowest BCUT2D eigenvalue weighted by Gasteiger charge is -2.31. The van der Waals surface area contributed by atoms with Crippen LogP contribution in [0.1, 0.15) is 11.1 Å². The first kappa shape index (κ1) is 19.0. The zero-order valence-electron chi connectivity index (χ0n) is 10.0. The monoisotopic (exact) mass is 405 g/mol. The molecule has 0 heterocycles. The van der Waals surface area contributed by atoms with Crippen LogP contribution in [0, 0.1) is 6.07 Å². The van der Waals surface area contributed by atoms with Crippen LogP contribution in [0.2, 0.25) is 0 Å². The lowest BCUT2D eigenvalue weighted by Crippen LogP contribution is -2.50. The molecule has 1 radical (unpaired) electrons. The molecule has 0 unspecified atom stereocenters. The van der Waals surface area contributed by atoms with E-state index < -0.39 is 52.3 Å². The van der Waals surface area contributed by atoms with Crippen LogP contribution in [0.15, 0.2) is 16.6 Å². The van der Waals surface area contributed by atoms with Gasteiger partial charge in [0, 0.05) is 21.7 Å². The van der Waals surface area contributed by atoms with Crippen LogP contribution in [-0.2, 0) is 11.6 Å². The summed E-state index contributed by atoms with van der Waals surface area (Å²) in [5.74, 6) is -4.42. The van der Waals surface area contributed by atoms with Crippen molar-refractivity contribution >= 4 is 15.9 Å². The van der Waals surface area contributed by atoms with Crippen molar-refractivity contribution in [3.05, 3.63) is 33.8 Å². The average molecular weight is 406 g/mol. The van der Waals surface area contributed by atoms with Crippen molar-refractivity contribution in [2.24, 2.45) is 0 Å². The molecule has 1 aromatic carbocycles. The lowest BCUT2D eigenvalue weighted by molar-refractivity contribution is -0.348. The number of halogens is 11. The maximum absolute atomic E-state index is 13.8. The second kappa shape index (κ2) is 5.57. The Labute approximate surface area is 125 Å². The minimum Gasteiger partial charge on any atom is -0.244 e.